The molecule has 2 nitrogen and oxygen atoms in total. The van der Waals surface area contributed by atoms with Gasteiger partial charge in [0.2, 0.25) is 0 Å². The lowest BCUT2D eigenvalue weighted by Crippen LogP contribution is -2.48. The molecule has 0 unspecified atom stereocenters. The van der Waals surface area contributed by atoms with Crippen LogP contribution in [0.2, 0.25) is 0 Å². The minimum Gasteiger partial charge on any atom is -0.315 e. The molecule has 0 aromatic rings. The minimum absolute atomic E-state index is 0.929. The summed E-state index contributed by atoms with van der Waals surface area (Å²) in [6.07, 6.45) is 2.96. The first-order valence-electron chi connectivity index (χ1n) is 4.41. The Balaban J connectivity index is 1.85. The smallest absolute Gasteiger partial charge is 0.0264 e. The summed E-state index contributed by atoms with van der Waals surface area (Å²) in [7, 11) is 0. The summed E-state index contributed by atoms with van der Waals surface area (Å²) < 4.78 is 0. The third kappa shape index (κ3) is 0.523. The molecule has 3 aliphatic rings. The van der Waals surface area contributed by atoms with Crippen molar-refractivity contribution in [3.8, 4) is 0 Å². The third-order valence-corrected chi connectivity index (χ3v) is 3.49. The van der Waals surface area contributed by atoms with Gasteiger partial charge >= 0.3 is 0 Å². The predicted octanol–water partition coefficient (Wildman–Crippen LogP) is 0.0524. The van der Waals surface area contributed by atoms with E-state index in [4.69, 9.17) is 0 Å². The van der Waals surface area contributed by atoms with E-state index in [0.29, 0.717) is 0 Å². The zero-order valence-electron chi connectivity index (χ0n) is 6.21. The van der Waals surface area contributed by atoms with Crippen molar-refractivity contribution >= 4 is 0 Å². The van der Waals surface area contributed by atoms with Crippen LogP contribution >= 0.6 is 0 Å². The molecule has 3 aliphatic heterocycles. The van der Waals surface area contributed by atoms with Gasteiger partial charge in [-0.15, -0.1) is 0 Å². The summed E-state index contributed by atoms with van der Waals surface area (Å²) in [5.74, 6) is 1.01. The van der Waals surface area contributed by atoms with Crippen molar-refractivity contribution < 1.29 is 0 Å². The largest absolute Gasteiger partial charge is 0.315 e. The van der Waals surface area contributed by atoms with Crippen LogP contribution in [0.15, 0.2) is 0 Å². The molecule has 3 saturated heterocycles. The number of nitrogens with zero attached hydrogens (tertiary/aromatic N) is 1. The molecule has 2 heteroatoms. The van der Waals surface area contributed by atoms with Gasteiger partial charge in [-0.2, -0.15) is 0 Å². The van der Waals surface area contributed by atoms with Gasteiger partial charge in [0.05, 0.1) is 0 Å². The van der Waals surface area contributed by atoms with Gasteiger partial charge in [0.25, 0.3) is 0 Å². The van der Waals surface area contributed by atoms with Crippen LogP contribution < -0.4 is 5.32 Å². The first-order chi connectivity index (χ1) is 4.95. The van der Waals surface area contributed by atoms with Crippen molar-refractivity contribution in [2.24, 2.45) is 5.92 Å². The van der Waals surface area contributed by atoms with Crippen molar-refractivity contribution in [1.82, 2.24) is 10.2 Å². The topological polar surface area (TPSA) is 15.3 Å². The molecule has 3 atom stereocenters. The van der Waals surface area contributed by atoms with Crippen LogP contribution in [0.5, 0.6) is 0 Å². The normalized spacial score (nSPS) is 52.2. The highest BCUT2D eigenvalue weighted by atomic mass is 15.3. The zero-order chi connectivity index (χ0) is 6.55. The number of nitrogens with one attached hydrogen (secondary N) is 1. The maximum absolute atomic E-state index is 3.47. The Kier molecular flexibility index (Phi) is 0.968. The van der Waals surface area contributed by atoms with E-state index in [1.807, 2.05) is 0 Å². The number of hydrogen-bond donors (Lipinski definition) is 1. The Morgan fingerprint density at radius 3 is 3.10 bits per heavy atom. The van der Waals surface area contributed by atoms with Crippen molar-refractivity contribution in [2.45, 2.75) is 24.9 Å². The second-order valence-electron chi connectivity index (χ2n) is 3.90. The number of rotatable bonds is 0. The van der Waals surface area contributed by atoms with Crippen LogP contribution in [-0.4, -0.2) is 36.6 Å². The fourth-order valence-electron chi connectivity index (χ4n) is 2.85. The predicted molar refractivity (Wildman–Crippen MR) is 39.9 cm³/mol. The Hall–Kier alpha value is -0.0800. The minimum atomic E-state index is 0.929. The van der Waals surface area contributed by atoms with Gasteiger partial charge in [-0.25, -0.2) is 0 Å². The monoisotopic (exact) mass is 138 g/mol. The molecule has 3 fully saturated rings. The van der Waals surface area contributed by atoms with Crippen molar-refractivity contribution in [1.29, 1.82) is 0 Å². The highest BCUT2D eigenvalue weighted by Crippen LogP contribution is 2.39. The van der Waals surface area contributed by atoms with Crippen LogP contribution in [0, 0.1) is 5.92 Å². The van der Waals surface area contributed by atoms with E-state index in [1.54, 1.807) is 0 Å². The van der Waals surface area contributed by atoms with Crippen LogP contribution in [-0.2, 0) is 0 Å². The lowest BCUT2D eigenvalue weighted by atomic mass is 10.0. The lowest BCUT2D eigenvalue weighted by molar-refractivity contribution is 0.0977. The second-order valence-corrected chi connectivity index (χ2v) is 3.90. The summed E-state index contributed by atoms with van der Waals surface area (Å²) in [6.45, 7) is 3.94. The van der Waals surface area contributed by atoms with Gasteiger partial charge in [0.15, 0.2) is 0 Å². The molecule has 0 amide bonds. The summed E-state index contributed by atoms with van der Waals surface area (Å²) >= 11 is 0. The Bertz CT molecular complexity index is 155. The van der Waals surface area contributed by atoms with Gasteiger partial charge in [-0.05, 0) is 25.3 Å². The molecule has 0 aromatic heterocycles. The molecule has 0 saturated carbocycles. The molecule has 1 N–H and O–H groups in total. The molecular weight excluding hydrogens is 124 g/mol. The van der Waals surface area contributed by atoms with E-state index in [9.17, 15) is 0 Å². The van der Waals surface area contributed by atoms with Crippen molar-refractivity contribution in [2.75, 3.05) is 19.6 Å². The van der Waals surface area contributed by atoms with E-state index >= 15 is 0 Å². The SMILES string of the molecule is C1NC[C@@H]2[C@H]1C[C@H]1CCN12. The zero-order valence-corrected chi connectivity index (χ0v) is 6.21. The van der Waals surface area contributed by atoms with E-state index in [2.05, 4.69) is 10.2 Å². The highest BCUT2D eigenvalue weighted by Gasteiger charge is 2.47. The van der Waals surface area contributed by atoms with E-state index in [0.717, 1.165) is 18.0 Å². The summed E-state index contributed by atoms with van der Waals surface area (Å²) in [5, 5.41) is 3.47. The molecule has 0 aliphatic carbocycles. The molecule has 0 radical (unpaired) electrons. The average molecular weight is 138 g/mol. The molecule has 10 heavy (non-hydrogen) atoms. The summed E-state index contributed by atoms with van der Waals surface area (Å²) in [5.41, 5.74) is 0. The second kappa shape index (κ2) is 1.74. The molecule has 0 spiro atoms. The van der Waals surface area contributed by atoms with E-state index in [-0.39, 0.29) is 0 Å². The molecule has 0 bridgehead atoms. The van der Waals surface area contributed by atoms with Crippen LogP contribution in [0.4, 0.5) is 0 Å². The fourth-order valence-corrected chi connectivity index (χ4v) is 2.85. The van der Waals surface area contributed by atoms with E-state index in [1.165, 1.54) is 32.5 Å². The Labute approximate surface area is 61.6 Å². The molecule has 3 rings (SSSR count). The van der Waals surface area contributed by atoms with Gasteiger partial charge < -0.3 is 5.32 Å². The van der Waals surface area contributed by atoms with Crippen molar-refractivity contribution in [3.05, 3.63) is 0 Å². The van der Waals surface area contributed by atoms with Crippen molar-refractivity contribution in [3.63, 3.8) is 0 Å². The summed E-state index contributed by atoms with van der Waals surface area (Å²) in [4.78, 5) is 2.70. The van der Waals surface area contributed by atoms with Gasteiger partial charge in [0, 0.05) is 25.2 Å². The van der Waals surface area contributed by atoms with Gasteiger partial charge in [0.1, 0.15) is 0 Å². The average Bonchev–Trinajstić information content (AvgIpc) is 2.35. The number of fused-ring (bicyclic) bond motifs is 3. The van der Waals surface area contributed by atoms with Gasteiger partial charge in [-0.1, -0.05) is 0 Å². The quantitative estimate of drug-likeness (QED) is 0.509. The molecule has 0 aromatic carbocycles. The Morgan fingerprint density at radius 1 is 1.30 bits per heavy atom. The maximum Gasteiger partial charge on any atom is 0.0264 e. The first kappa shape index (κ1) is 5.56. The Morgan fingerprint density at radius 2 is 2.30 bits per heavy atom. The summed E-state index contributed by atoms with van der Waals surface area (Å²) in [6, 6.07) is 1.93. The molecule has 3 heterocycles. The lowest BCUT2D eigenvalue weighted by Gasteiger charge is -2.38. The first-order valence-corrected chi connectivity index (χ1v) is 4.41. The molecular formula is C8H14N2. The van der Waals surface area contributed by atoms with Gasteiger partial charge in [-0.3, -0.25) is 4.90 Å². The molecule has 56 valence electrons. The third-order valence-electron chi connectivity index (χ3n) is 3.49. The van der Waals surface area contributed by atoms with E-state index < -0.39 is 0 Å². The van der Waals surface area contributed by atoms with Crippen LogP contribution in [0.3, 0.4) is 0 Å². The highest BCUT2D eigenvalue weighted by molar-refractivity contribution is 5.04. The van der Waals surface area contributed by atoms with Crippen LogP contribution in [0.1, 0.15) is 12.8 Å². The fraction of sp³-hybridized carbons (Fsp3) is 1.00. The maximum atomic E-state index is 3.47. The van der Waals surface area contributed by atoms with Crippen LogP contribution in [0.25, 0.3) is 0 Å². The standard InChI is InChI=1S/C8H14N2/c1-2-10-7(1)3-6-4-9-5-8(6)10/h6-9H,1-5H2/t6-,7+,8+/m0/s1. The number of hydrogen-bond acceptors (Lipinski definition) is 2.